The van der Waals surface area contributed by atoms with E-state index in [2.05, 4.69) is 22.4 Å². The normalized spacial score (nSPS) is 10.9. The smallest absolute Gasteiger partial charge is 0.265 e. The number of hydrogen-bond acceptors (Lipinski definition) is 3. The van der Waals surface area contributed by atoms with Gasteiger partial charge in [-0.3, -0.25) is 14.2 Å². The van der Waals surface area contributed by atoms with Crippen LogP contribution in [-0.4, -0.2) is 15.5 Å². The Morgan fingerprint density at radius 3 is 2.18 bits per heavy atom. The van der Waals surface area contributed by atoms with Gasteiger partial charge in [-0.2, -0.15) is 0 Å². The minimum atomic E-state index is -0.112. The third-order valence-corrected chi connectivity index (χ3v) is 5.78. The fourth-order valence-electron chi connectivity index (χ4n) is 4.08. The number of rotatable bonds is 5. The highest BCUT2D eigenvalue weighted by Crippen LogP contribution is 2.20. The second-order valence-electron chi connectivity index (χ2n) is 8.15. The van der Waals surface area contributed by atoms with Crippen LogP contribution < -0.4 is 10.9 Å². The summed E-state index contributed by atoms with van der Waals surface area (Å²) in [5.41, 5.74) is 5.16. The highest BCUT2D eigenvalue weighted by atomic mass is 16.1. The third kappa shape index (κ3) is 4.36. The fraction of sp³-hybridized carbons (Fsp3) is 0.0690. The van der Waals surface area contributed by atoms with Gasteiger partial charge < -0.3 is 5.32 Å². The van der Waals surface area contributed by atoms with Crippen LogP contribution in [0.25, 0.3) is 27.7 Å². The number of anilines is 1. The molecule has 5 nitrogen and oxygen atoms in total. The van der Waals surface area contributed by atoms with E-state index in [1.807, 2.05) is 79.7 Å². The molecule has 34 heavy (non-hydrogen) atoms. The summed E-state index contributed by atoms with van der Waals surface area (Å²) in [6.07, 6.45) is 0.282. The van der Waals surface area contributed by atoms with E-state index in [0.29, 0.717) is 28.1 Å². The summed E-state index contributed by atoms with van der Waals surface area (Å²) in [5.74, 6) is 0.514. The predicted molar refractivity (Wildman–Crippen MR) is 136 cm³/mol. The maximum atomic E-state index is 13.0. The number of para-hydroxylation sites is 1. The zero-order valence-corrected chi connectivity index (χ0v) is 18.7. The van der Waals surface area contributed by atoms with Crippen LogP contribution in [-0.2, 0) is 11.2 Å². The first kappa shape index (κ1) is 21.3. The van der Waals surface area contributed by atoms with Crippen molar-refractivity contribution in [3.63, 3.8) is 0 Å². The van der Waals surface area contributed by atoms with Gasteiger partial charge in [0.25, 0.3) is 5.56 Å². The fourth-order valence-corrected chi connectivity index (χ4v) is 4.08. The standard InChI is InChI=1S/C29H23N3O2/c1-20-30-27-10-6-5-9-26(27)29(34)32(20)25-17-15-24(16-18-25)31-28(33)19-21-11-13-23(14-12-21)22-7-3-2-4-8-22/h2-18H,19H2,1H3,(H,31,33). The average molecular weight is 446 g/mol. The lowest BCUT2D eigenvalue weighted by Gasteiger charge is -2.12. The average Bonchev–Trinajstić information content (AvgIpc) is 2.86. The SMILES string of the molecule is Cc1nc2ccccc2c(=O)n1-c1ccc(NC(=O)Cc2ccc(-c3ccccc3)cc2)cc1. The van der Waals surface area contributed by atoms with Crippen molar-refractivity contribution >= 4 is 22.5 Å². The molecule has 166 valence electrons. The Labute approximate surface area is 197 Å². The van der Waals surface area contributed by atoms with E-state index in [4.69, 9.17) is 0 Å². The van der Waals surface area contributed by atoms with Crippen molar-refractivity contribution in [3.05, 3.63) is 125 Å². The number of aryl methyl sites for hydroxylation is 1. The number of carbonyl (C=O) groups excluding carboxylic acids is 1. The van der Waals surface area contributed by atoms with Crippen LogP contribution >= 0.6 is 0 Å². The summed E-state index contributed by atoms with van der Waals surface area (Å²) < 4.78 is 1.59. The molecule has 0 atom stereocenters. The molecule has 0 unspecified atom stereocenters. The summed E-state index contributed by atoms with van der Waals surface area (Å²) in [7, 11) is 0. The van der Waals surface area contributed by atoms with E-state index in [9.17, 15) is 9.59 Å². The molecule has 0 aliphatic heterocycles. The quantitative estimate of drug-likeness (QED) is 0.386. The van der Waals surface area contributed by atoms with Gasteiger partial charge in [0.05, 0.1) is 23.0 Å². The van der Waals surface area contributed by atoms with Gasteiger partial charge in [0, 0.05) is 5.69 Å². The minimum absolute atomic E-state index is 0.0964. The molecule has 0 saturated carbocycles. The molecule has 1 heterocycles. The molecule has 0 saturated heterocycles. The van der Waals surface area contributed by atoms with Gasteiger partial charge in [0.2, 0.25) is 5.91 Å². The predicted octanol–water partition coefficient (Wildman–Crippen LogP) is 5.54. The van der Waals surface area contributed by atoms with Crippen LogP contribution in [0.5, 0.6) is 0 Å². The highest BCUT2D eigenvalue weighted by molar-refractivity contribution is 5.92. The molecule has 0 spiro atoms. The molecule has 0 aliphatic rings. The van der Waals surface area contributed by atoms with Crippen molar-refractivity contribution in [2.45, 2.75) is 13.3 Å². The lowest BCUT2D eigenvalue weighted by Crippen LogP contribution is -2.22. The zero-order chi connectivity index (χ0) is 23.5. The third-order valence-electron chi connectivity index (χ3n) is 5.78. The van der Waals surface area contributed by atoms with Crippen LogP contribution in [0, 0.1) is 6.92 Å². The Balaban J connectivity index is 1.29. The number of carbonyl (C=O) groups is 1. The second kappa shape index (κ2) is 9.16. The Morgan fingerprint density at radius 2 is 1.44 bits per heavy atom. The number of nitrogens with zero attached hydrogens (tertiary/aromatic N) is 2. The van der Waals surface area contributed by atoms with Crippen molar-refractivity contribution in [2.24, 2.45) is 0 Å². The lowest BCUT2D eigenvalue weighted by atomic mass is 10.0. The number of nitrogens with one attached hydrogen (secondary N) is 1. The van der Waals surface area contributed by atoms with E-state index >= 15 is 0 Å². The zero-order valence-electron chi connectivity index (χ0n) is 18.7. The second-order valence-corrected chi connectivity index (χ2v) is 8.15. The molecule has 0 aliphatic carbocycles. The van der Waals surface area contributed by atoms with E-state index in [0.717, 1.165) is 16.7 Å². The number of amides is 1. The van der Waals surface area contributed by atoms with Crippen molar-refractivity contribution in [3.8, 4) is 16.8 Å². The summed E-state index contributed by atoms with van der Waals surface area (Å²) in [6, 6.07) is 32.7. The van der Waals surface area contributed by atoms with Crippen LogP contribution in [0.15, 0.2) is 108 Å². The first-order valence-electron chi connectivity index (χ1n) is 11.1. The molecule has 4 aromatic carbocycles. The van der Waals surface area contributed by atoms with Gasteiger partial charge >= 0.3 is 0 Å². The van der Waals surface area contributed by atoms with Gasteiger partial charge in [0.15, 0.2) is 0 Å². The van der Waals surface area contributed by atoms with E-state index in [-0.39, 0.29) is 17.9 Å². The van der Waals surface area contributed by atoms with Gasteiger partial charge in [-0.25, -0.2) is 4.98 Å². The van der Waals surface area contributed by atoms with Crippen molar-refractivity contribution in [2.75, 3.05) is 5.32 Å². The number of hydrogen-bond donors (Lipinski definition) is 1. The first-order valence-corrected chi connectivity index (χ1v) is 11.1. The number of aromatic nitrogens is 2. The Bertz CT molecular complexity index is 1520. The monoisotopic (exact) mass is 445 g/mol. The van der Waals surface area contributed by atoms with Gasteiger partial charge in [-0.1, -0.05) is 66.7 Å². The van der Waals surface area contributed by atoms with Crippen LogP contribution in [0.1, 0.15) is 11.4 Å². The largest absolute Gasteiger partial charge is 0.326 e. The maximum Gasteiger partial charge on any atom is 0.265 e. The molecule has 0 fully saturated rings. The molecule has 0 radical (unpaired) electrons. The molecule has 1 aromatic heterocycles. The molecule has 1 amide bonds. The molecule has 5 rings (SSSR count). The summed E-state index contributed by atoms with van der Waals surface area (Å²) in [4.78, 5) is 30.1. The molecule has 5 aromatic rings. The van der Waals surface area contributed by atoms with E-state index in [1.54, 1.807) is 22.8 Å². The number of fused-ring (bicyclic) bond motifs is 1. The van der Waals surface area contributed by atoms with Gasteiger partial charge in [-0.15, -0.1) is 0 Å². The van der Waals surface area contributed by atoms with Gasteiger partial charge in [-0.05, 0) is 60.0 Å². The van der Waals surface area contributed by atoms with Crippen LogP contribution in [0.4, 0.5) is 5.69 Å². The maximum absolute atomic E-state index is 13.0. The Morgan fingerprint density at radius 1 is 0.794 bits per heavy atom. The first-order chi connectivity index (χ1) is 16.6. The molecule has 0 bridgehead atoms. The van der Waals surface area contributed by atoms with Crippen LogP contribution in [0.2, 0.25) is 0 Å². The van der Waals surface area contributed by atoms with Crippen LogP contribution in [0.3, 0.4) is 0 Å². The molecular weight excluding hydrogens is 422 g/mol. The Kier molecular flexibility index (Phi) is 5.75. The van der Waals surface area contributed by atoms with Crippen molar-refractivity contribution in [1.82, 2.24) is 9.55 Å². The summed E-state index contributed by atoms with van der Waals surface area (Å²) >= 11 is 0. The molecule has 5 heteroatoms. The summed E-state index contributed by atoms with van der Waals surface area (Å²) in [6.45, 7) is 1.81. The topological polar surface area (TPSA) is 64.0 Å². The lowest BCUT2D eigenvalue weighted by molar-refractivity contribution is -0.115. The Hall–Kier alpha value is -4.51. The van der Waals surface area contributed by atoms with E-state index in [1.165, 1.54) is 0 Å². The van der Waals surface area contributed by atoms with Gasteiger partial charge in [0.1, 0.15) is 5.82 Å². The van der Waals surface area contributed by atoms with Crippen molar-refractivity contribution < 1.29 is 4.79 Å². The highest BCUT2D eigenvalue weighted by Gasteiger charge is 2.10. The number of benzene rings is 4. The summed E-state index contributed by atoms with van der Waals surface area (Å²) in [5, 5.41) is 3.51. The molecular formula is C29H23N3O2. The molecule has 1 N–H and O–H groups in total. The van der Waals surface area contributed by atoms with Crippen molar-refractivity contribution in [1.29, 1.82) is 0 Å². The minimum Gasteiger partial charge on any atom is -0.326 e. The van der Waals surface area contributed by atoms with E-state index < -0.39 is 0 Å².